The molecule has 1 N–H and O–H groups in total. The van der Waals surface area contributed by atoms with Crippen molar-refractivity contribution in [2.24, 2.45) is 0 Å². The zero-order valence-corrected chi connectivity index (χ0v) is 19.7. The first kappa shape index (κ1) is 27.9. The molecule has 29 heavy (non-hydrogen) atoms. The summed E-state index contributed by atoms with van der Waals surface area (Å²) in [6.45, 7) is 4.47. The Morgan fingerprint density at radius 1 is 0.690 bits per heavy atom. The second-order valence-electron chi connectivity index (χ2n) is 8.48. The zero-order valence-electron chi connectivity index (χ0n) is 19.7. The van der Waals surface area contributed by atoms with E-state index < -0.39 is 0 Å². The van der Waals surface area contributed by atoms with E-state index in [1.807, 2.05) is 0 Å². The van der Waals surface area contributed by atoms with Crippen LogP contribution in [-0.2, 0) is 14.3 Å². The molecule has 172 valence electrons. The van der Waals surface area contributed by atoms with Crippen LogP contribution in [0.4, 0.5) is 0 Å². The number of nitrogens with one attached hydrogen (secondary N) is 1. The molecule has 4 heteroatoms. The number of hydrogen-bond acceptors (Lipinski definition) is 3. The van der Waals surface area contributed by atoms with E-state index in [4.69, 9.17) is 4.74 Å². The average Bonchev–Trinajstić information content (AvgIpc) is 2.71. The molecule has 0 aromatic rings. The van der Waals surface area contributed by atoms with Crippen LogP contribution >= 0.6 is 0 Å². The fourth-order valence-electron chi connectivity index (χ4n) is 3.67. The van der Waals surface area contributed by atoms with Crippen molar-refractivity contribution >= 4 is 11.9 Å². The Morgan fingerprint density at radius 2 is 1.14 bits per heavy atom. The predicted molar refractivity (Wildman–Crippen MR) is 123 cm³/mol. The number of carbonyl (C=O) groups is 2. The van der Waals surface area contributed by atoms with E-state index in [1.54, 1.807) is 7.05 Å². The molecule has 1 atom stereocenters. The van der Waals surface area contributed by atoms with Gasteiger partial charge in [-0.25, -0.2) is 0 Å². The summed E-state index contributed by atoms with van der Waals surface area (Å²) in [5.41, 5.74) is 0. The van der Waals surface area contributed by atoms with Crippen LogP contribution in [0.15, 0.2) is 0 Å². The monoisotopic (exact) mass is 411 g/mol. The van der Waals surface area contributed by atoms with Crippen LogP contribution in [0.2, 0.25) is 0 Å². The number of esters is 1. The van der Waals surface area contributed by atoms with Crippen LogP contribution in [0, 0.1) is 0 Å². The Balaban J connectivity index is 3.91. The van der Waals surface area contributed by atoms with Gasteiger partial charge in [0.2, 0.25) is 5.91 Å². The number of carbonyl (C=O) groups excluding carboxylic acids is 2. The van der Waals surface area contributed by atoms with Crippen LogP contribution in [0.3, 0.4) is 0 Å². The van der Waals surface area contributed by atoms with Gasteiger partial charge in [0.1, 0.15) is 6.10 Å². The van der Waals surface area contributed by atoms with Crippen molar-refractivity contribution in [2.45, 2.75) is 142 Å². The van der Waals surface area contributed by atoms with E-state index >= 15 is 0 Å². The summed E-state index contributed by atoms with van der Waals surface area (Å²) in [5.74, 6) is -0.182. The summed E-state index contributed by atoms with van der Waals surface area (Å²) < 4.78 is 5.64. The smallest absolute Gasteiger partial charge is 0.306 e. The largest absolute Gasteiger partial charge is 0.462 e. The van der Waals surface area contributed by atoms with Gasteiger partial charge in [0, 0.05) is 13.5 Å². The number of hydrogen-bond donors (Lipinski definition) is 1. The maximum Gasteiger partial charge on any atom is 0.306 e. The van der Waals surface area contributed by atoms with E-state index in [-0.39, 0.29) is 24.4 Å². The minimum atomic E-state index is -0.267. The maximum atomic E-state index is 12.2. The van der Waals surface area contributed by atoms with E-state index in [2.05, 4.69) is 19.2 Å². The van der Waals surface area contributed by atoms with Gasteiger partial charge < -0.3 is 10.1 Å². The summed E-state index contributed by atoms with van der Waals surface area (Å²) in [5, 5.41) is 2.65. The molecule has 0 aliphatic heterocycles. The molecule has 0 bridgehead atoms. The van der Waals surface area contributed by atoms with E-state index in [9.17, 15) is 9.59 Å². The SMILES string of the molecule is CCCCCCCCCCC[C@H](CC(=O)NC)OC(=O)CCCCCCCCC. The fraction of sp³-hybridized carbons (Fsp3) is 0.920. The van der Waals surface area contributed by atoms with Crippen molar-refractivity contribution in [3.63, 3.8) is 0 Å². The molecule has 0 rings (SSSR count). The summed E-state index contributed by atoms with van der Waals surface area (Å²) in [6, 6.07) is 0. The Morgan fingerprint density at radius 3 is 1.62 bits per heavy atom. The van der Waals surface area contributed by atoms with Crippen molar-refractivity contribution in [3.05, 3.63) is 0 Å². The van der Waals surface area contributed by atoms with Crippen molar-refractivity contribution in [2.75, 3.05) is 7.05 Å². The summed E-state index contributed by atoms with van der Waals surface area (Å²) >= 11 is 0. The summed E-state index contributed by atoms with van der Waals surface area (Å²) in [7, 11) is 1.64. The van der Waals surface area contributed by atoms with Crippen LogP contribution in [0.1, 0.15) is 136 Å². The first-order chi connectivity index (χ1) is 14.1. The van der Waals surface area contributed by atoms with Gasteiger partial charge in [-0.3, -0.25) is 9.59 Å². The van der Waals surface area contributed by atoms with Gasteiger partial charge in [0.15, 0.2) is 0 Å². The predicted octanol–water partition coefficient (Wildman–Crippen LogP) is 7.10. The number of unbranched alkanes of at least 4 members (excludes halogenated alkanes) is 14. The van der Waals surface area contributed by atoms with Gasteiger partial charge in [0.05, 0.1) is 6.42 Å². The highest BCUT2D eigenvalue weighted by molar-refractivity contribution is 5.76. The molecule has 4 nitrogen and oxygen atoms in total. The molecular formula is C25H49NO3. The van der Waals surface area contributed by atoms with Crippen molar-refractivity contribution in [3.8, 4) is 0 Å². The molecule has 0 aliphatic carbocycles. The number of ether oxygens (including phenoxy) is 1. The fourth-order valence-corrected chi connectivity index (χ4v) is 3.67. The lowest BCUT2D eigenvalue weighted by molar-refractivity contribution is -0.150. The highest BCUT2D eigenvalue weighted by Gasteiger charge is 2.17. The second-order valence-corrected chi connectivity index (χ2v) is 8.48. The number of rotatable bonds is 21. The molecule has 0 aromatic heterocycles. The van der Waals surface area contributed by atoms with Crippen molar-refractivity contribution in [1.82, 2.24) is 5.32 Å². The lowest BCUT2D eigenvalue weighted by Crippen LogP contribution is -2.27. The Hall–Kier alpha value is -1.06. The van der Waals surface area contributed by atoms with Crippen LogP contribution in [0.25, 0.3) is 0 Å². The lowest BCUT2D eigenvalue weighted by Gasteiger charge is -2.17. The third-order valence-corrected chi connectivity index (χ3v) is 5.60. The van der Waals surface area contributed by atoms with Gasteiger partial charge in [0.25, 0.3) is 0 Å². The third-order valence-electron chi connectivity index (χ3n) is 5.60. The van der Waals surface area contributed by atoms with Gasteiger partial charge in [-0.15, -0.1) is 0 Å². The molecule has 0 fully saturated rings. The highest BCUT2D eigenvalue weighted by Crippen LogP contribution is 2.16. The molecule has 0 saturated heterocycles. The Kier molecular flexibility index (Phi) is 20.9. The Bertz CT molecular complexity index is 384. The van der Waals surface area contributed by atoms with E-state index in [0.717, 1.165) is 32.1 Å². The quantitative estimate of drug-likeness (QED) is 0.162. The number of amides is 1. The van der Waals surface area contributed by atoms with Crippen LogP contribution in [0.5, 0.6) is 0 Å². The van der Waals surface area contributed by atoms with Gasteiger partial charge in [-0.05, 0) is 19.3 Å². The lowest BCUT2D eigenvalue weighted by atomic mass is 10.0. The maximum absolute atomic E-state index is 12.2. The first-order valence-corrected chi connectivity index (χ1v) is 12.5. The molecule has 0 spiro atoms. The highest BCUT2D eigenvalue weighted by atomic mass is 16.5. The zero-order chi connectivity index (χ0) is 21.6. The first-order valence-electron chi connectivity index (χ1n) is 12.5. The van der Waals surface area contributed by atoms with E-state index in [0.29, 0.717) is 6.42 Å². The summed E-state index contributed by atoms with van der Waals surface area (Å²) in [6.07, 6.45) is 21.0. The topological polar surface area (TPSA) is 55.4 Å². The normalized spacial score (nSPS) is 12.0. The molecule has 0 radical (unpaired) electrons. The minimum absolute atomic E-state index is 0.0466. The van der Waals surface area contributed by atoms with Crippen LogP contribution in [-0.4, -0.2) is 25.0 Å². The molecule has 0 aromatic carbocycles. The third kappa shape index (κ3) is 20.0. The second kappa shape index (κ2) is 21.6. The minimum Gasteiger partial charge on any atom is -0.462 e. The van der Waals surface area contributed by atoms with Gasteiger partial charge >= 0.3 is 5.97 Å². The Labute approximate surface area is 180 Å². The van der Waals surface area contributed by atoms with Crippen molar-refractivity contribution in [1.29, 1.82) is 0 Å². The molecular weight excluding hydrogens is 362 g/mol. The molecule has 0 saturated carbocycles. The molecule has 1 amide bonds. The van der Waals surface area contributed by atoms with E-state index in [1.165, 1.54) is 77.0 Å². The average molecular weight is 412 g/mol. The van der Waals surface area contributed by atoms with Gasteiger partial charge in [-0.1, -0.05) is 104 Å². The standard InChI is InChI=1S/C25H49NO3/c1-4-6-8-10-12-13-15-16-18-20-23(22-24(27)26-3)29-25(28)21-19-17-14-11-9-7-5-2/h23H,4-22H2,1-3H3,(H,26,27)/t23-/m1/s1. The molecule has 0 heterocycles. The van der Waals surface area contributed by atoms with Gasteiger partial charge in [-0.2, -0.15) is 0 Å². The molecule has 0 aliphatic rings. The van der Waals surface area contributed by atoms with Crippen LogP contribution < -0.4 is 5.32 Å². The summed E-state index contributed by atoms with van der Waals surface area (Å²) in [4.78, 5) is 23.9. The molecule has 0 unspecified atom stereocenters. The van der Waals surface area contributed by atoms with Crippen molar-refractivity contribution < 1.29 is 14.3 Å².